The quantitative estimate of drug-likeness (QED) is 0.518. The van der Waals surface area contributed by atoms with Crippen molar-refractivity contribution in [3.05, 3.63) is 0 Å². The third kappa shape index (κ3) is 4.76. The molecule has 0 bridgehead atoms. The normalized spacial score (nSPS) is 12.0. The predicted octanol–water partition coefficient (Wildman–Crippen LogP) is 3.05. The van der Waals surface area contributed by atoms with Crippen LogP contribution in [-0.4, -0.2) is 31.2 Å². The minimum Gasteiger partial charge on any atom is -0.326 e. The second kappa shape index (κ2) is 6.47. The van der Waals surface area contributed by atoms with E-state index in [4.69, 9.17) is 0 Å². The number of hydrogen-bond donors (Lipinski definition) is 0. The number of nitrogens with zero attached hydrogens (tertiary/aromatic N) is 1. The van der Waals surface area contributed by atoms with Gasteiger partial charge in [-0.25, -0.2) is 0 Å². The van der Waals surface area contributed by atoms with Crippen LogP contribution in [0.25, 0.3) is 0 Å². The van der Waals surface area contributed by atoms with Crippen molar-refractivity contribution in [2.75, 3.05) is 26.7 Å². The van der Waals surface area contributed by atoms with Gasteiger partial charge in [-0.05, 0) is 19.8 Å². The summed E-state index contributed by atoms with van der Waals surface area (Å²) in [5, 5.41) is 0. The Morgan fingerprint density at radius 3 is 1.50 bits per heavy atom. The molecule has 0 radical (unpaired) electrons. The molecule has 0 atom stereocenters. The first-order valence-corrected chi connectivity index (χ1v) is 5.52. The van der Waals surface area contributed by atoms with Crippen molar-refractivity contribution < 1.29 is 4.48 Å². The molecule has 1 nitrogen and oxygen atoms in total. The first-order chi connectivity index (χ1) is 5.68. The van der Waals surface area contributed by atoms with Crippen molar-refractivity contribution in [2.24, 2.45) is 0 Å². The molecule has 0 aliphatic heterocycles. The molecule has 0 aliphatic carbocycles. The topological polar surface area (TPSA) is 0 Å². The van der Waals surface area contributed by atoms with E-state index in [1.54, 1.807) is 0 Å². The van der Waals surface area contributed by atoms with Gasteiger partial charge in [0.15, 0.2) is 0 Å². The van der Waals surface area contributed by atoms with E-state index in [-0.39, 0.29) is 0 Å². The highest BCUT2D eigenvalue weighted by Gasteiger charge is 2.16. The molecule has 0 amide bonds. The summed E-state index contributed by atoms with van der Waals surface area (Å²) in [7, 11) is 2.39. The van der Waals surface area contributed by atoms with E-state index in [2.05, 4.69) is 27.8 Å². The summed E-state index contributed by atoms with van der Waals surface area (Å²) in [6, 6.07) is 0. The standard InChI is InChI=1S/C11H26N/c1-5-8-10-12(4,7-3)11-9-6-2/h5-11H2,1-4H3/q+1. The molecule has 0 saturated carbocycles. The highest BCUT2D eigenvalue weighted by molar-refractivity contribution is 4.40. The molecule has 0 aliphatic rings. The van der Waals surface area contributed by atoms with E-state index in [1.807, 2.05) is 0 Å². The fraction of sp³-hybridized carbons (Fsp3) is 1.00. The maximum absolute atomic E-state index is 2.39. The zero-order valence-corrected chi connectivity index (χ0v) is 9.40. The van der Waals surface area contributed by atoms with Gasteiger partial charge in [0.25, 0.3) is 0 Å². The van der Waals surface area contributed by atoms with E-state index in [0.29, 0.717) is 0 Å². The van der Waals surface area contributed by atoms with Crippen molar-refractivity contribution in [3.8, 4) is 0 Å². The molecule has 0 aromatic heterocycles. The summed E-state index contributed by atoms with van der Waals surface area (Å²) in [4.78, 5) is 0. The lowest BCUT2D eigenvalue weighted by molar-refractivity contribution is -0.908. The van der Waals surface area contributed by atoms with Crippen molar-refractivity contribution in [3.63, 3.8) is 0 Å². The van der Waals surface area contributed by atoms with Gasteiger partial charge in [-0.2, -0.15) is 0 Å². The Morgan fingerprint density at radius 1 is 0.833 bits per heavy atom. The Kier molecular flexibility index (Phi) is 6.45. The average Bonchev–Trinajstić information content (AvgIpc) is 2.11. The molecule has 0 saturated heterocycles. The van der Waals surface area contributed by atoms with Crippen LogP contribution in [0.15, 0.2) is 0 Å². The zero-order valence-electron chi connectivity index (χ0n) is 9.40. The fourth-order valence-corrected chi connectivity index (χ4v) is 1.51. The van der Waals surface area contributed by atoms with Gasteiger partial charge in [-0.15, -0.1) is 0 Å². The van der Waals surface area contributed by atoms with E-state index in [0.717, 1.165) is 0 Å². The lowest BCUT2D eigenvalue weighted by atomic mass is 10.2. The van der Waals surface area contributed by atoms with Crippen molar-refractivity contribution in [1.29, 1.82) is 0 Å². The molecule has 0 N–H and O–H groups in total. The van der Waals surface area contributed by atoms with Crippen molar-refractivity contribution in [1.82, 2.24) is 0 Å². The van der Waals surface area contributed by atoms with Crippen LogP contribution < -0.4 is 0 Å². The molecule has 0 heterocycles. The predicted molar refractivity (Wildman–Crippen MR) is 56.3 cm³/mol. The van der Waals surface area contributed by atoms with Gasteiger partial charge in [0.2, 0.25) is 0 Å². The third-order valence-electron chi connectivity index (χ3n) is 2.87. The fourth-order valence-electron chi connectivity index (χ4n) is 1.51. The Bertz CT molecular complexity index is 91.2. The molecule has 0 fully saturated rings. The maximum atomic E-state index is 2.39. The number of rotatable bonds is 7. The van der Waals surface area contributed by atoms with Crippen LogP contribution in [0, 0.1) is 0 Å². The molecule has 0 aromatic carbocycles. The molecule has 0 aromatic rings. The van der Waals surface area contributed by atoms with Crippen LogP contribution in [-0.2, 0) is 0 Å². The smallest absolute Gasteiger partial charge is 0.0784 e. The molecule has 0 rings (SSSR count). The largest absolute Gasteiger partial charge is 0.326 e. The lowest BCUT2D eigenvalue weighted by Gasteiger charge is -2.33. The first kappa shape index (κ1) is 12.0. The third-order valence-corrected chi connectivity index (χ3v) is 2.87. The van der Waals surface area contributed by atoms with Crippen LogP contribution in [0.4, 0.5) is 0 Å². The monoisotopic (exact) mass is 172 g/mol. The van der Waals surface area contributed by atoms with Gasteiger partial charge in [0, 0.05) is 0 Å². The minimum atomic E-state index is 1.28. The molecule has 0 unspecified atom stereocenters. The Morgan fingerprint density at radius 2 is 1.25 bits per heavy atom. The minimum absolute atomic E-state index is 1.28. The second-order valence-corrected chi connectivity index (χ2v) is 4.09. The zero-order chi connectivity index (χ0) is 9.45. The Hall–Kier alpha value is -0.0400. The van der Waals surface area contributed by atoms with Crippen LogP contribution in [0.1, 0.15) is 46.5 Å². The summed E-state index contributed by atoms with van der Waals surface area (Å²) in [5.74, 6) is 0. The lowest BCUT2D eigenvalue weighted by Crippen LogP contribution is -2.45. The Labute approximate surface area is 78.4 Å². The summed E-state index contributed by atoms with van der Waals surface area (Å²) in [6.45, 7) is 10.9. The number of hydrogen-bond acceptors (Lipinski definition) is 0. The maximum Gasteiger partial charge on any atom is 0.0784 e. The molecular formula is C11H26N+. The van der Waals surface area contributed by atoms with Crippen LogP contribution >= 0.6 is 0 Å². The summed E-state index contributed by atoms with van der Waals surface area (Å²) >= 11 is 0. The molecule has 74 valence electrons. The number of unbranched alkanes of at least 4 members (excludes halogenated alkanes) is 2. The summed E-state index contributed by atoms with van der Waals surface area (Å²) in [5.41, 5.74) is 0. The van der Waals surface area contributed by atoms with Gasteiger partial charge in [0.05, 0.1) is 26.7 Å². The van der Waals surface area contributed by atoms with Gasteiger partial charge in [-0.1, -0.05) is 26.7 Å². The number of quaternary nitrogens is 1. The SMILES string of the molecule is CCCC[N+](C)(CC)CCCC. The highest BCUT2D eigenvalue weighted by atomic mass is 15.3. The van der Waals surface area contributed by atoms with Crippen LogP contribution in [0.3, 0.4) is 0 Å². The van der Waals surface area contributed by atoms with Gasteiger partial charge in [0.1, 0.15) is 0 Å². The molecule has 12 heavy (non-hydrogen) atoms. The van der Waals surface area contributed by atoms with E-state index in [9.17, 15) is 0 Å². The van der Waals surface area contributed by atoms with Crippen LogP contribution in [0.2, 0.25) is 0 Å². The molecule has 1 heteroatoms. The van der Waals surface area contributed by atoms with E-state index >= 15 is 0 Å². The Balaban J connectivity index is 3.70. The molecule has 0 spiro atoms. The first-order valence-electron chi connectivity index (χ1n) is 5.52. The summed E-state index contributed by atoms with van der Waals surface area (Å²) < 4.78 is 1.28. The summed E-state index contributed by atoms with van der Waals surface area (Å²) in [6.07, 6.45) is 5.43. The van der Waals surface area contributed by atoms with Crippen molar-refractivity contribution in [2.45, 2.75) is 46.5 Å². The van der Waals surface area contributed by atoms with Crippen LogP contribution in [0.5, 0.6) is 0 Å². The van der Waals surface area contributed by atoms with E-state index in [1.165, 1.54) is 49.8 Å². The van der Waals surface area contributed by atoms with Gasteiger partial charge in [-0.3, -0.25) is 0 Å². The highest BCUT2D eigenvalue weighted by Crippen LogP contribution is 2.07. The average molecular weight is 172 g/mol. The van der Waals surface area contributed by atoms with Gasteiger partial charge < -0.3 is 4.48 Å². The van der Waals surface area contributed by atoms with Crippen molar-refractivity contribution >= 4 is 0 Å². The van der Waals surface area contributed by atoms with Gasteiger partial charge >= 0.3 is 0 Å². The van der Waals surface area contributed by atoms with E-state index < -0.39 is 0 Å². The second-order valence-electron chi connectivity index (χ2n) is 4.09. The molecular weight excluding hydrogens is 146 g/mol.